The summed E-state index contributed by atoms with van der Waals surface area (Å²) in [5.41, 5.74) is 8.91. The molecule has 294 valence electrons. The number of amides is 2. The number of carbonyl (C=O) groups excluding carboxylic acids is 2. The summed E-state index contributed by atoms with van der Waals surface area (Å²) < 4.78 is 0. The normalized spacial score (nSPS) is 12.5. The average Bonchev–Trinajstić information content (AvgIpc) is 3.32. The van der Waals surface area contributed by atoms with E-state index in [9.17, 15) is 9.59 Å². The van der Waals surface area contributed by atoms with E-state index in [1.165, 1.54) is 0 Å². The molecular weight excluding hydrogens is 868 g/mol. The second-order valence-electron chi connectivity index (χ2n) is 14.6. The van der Waals surface area contributed by atoms with Gasteiger partial charge in [0.2, 0.25) is 11.8 Å². The van der Waals surface area contributed by atoms with Crippen LogP contribution in [0.25, 0.3) is 0 Å². The Morgan fingerprint density at radius 2 is 0.483 bits per heavy atom. The van der Waals surface area contributed by atoms with Gasteiger partial charge in [-0.15, -0.1) is 0 Å². The van der Waals surface area contributed by atoms with Gasteiger partial charge in [0.25, 0.3) is 0 Å². The van der Waals surface area contributed by atoms with Crippen LogP contribution in [0.4, 0.5) is 11.4 Å². The maximum atomic E-state index is 13.6. The number of hydrogen-bond donors (Lipinski definition) is 2. The minimum Gasteiger partial charge on any atom is -0.325 e. The predicted octanol–water partition coefficient (Wildman–Crippen LogP) is 12.6. The molecule has 0 aliphatic rings. The van der Waals surface area contributed by atoms with Crippen LogP contribution in [0.15, 0.2) is 231 Å². The summed E-state index contributed by atoms with van der Waals surface area (Å²) >= 11 is 7.03. The number of alkyl halides is 2. The third kappa shape index (κ3) is 7.89. The first-order valence-electron chi connectivity index (χ1n) is 19.9. The van der Waals surface area contributed by atoms with Crippen molar-refractivity contribution in [2.45, 2.75) is 20.5 Å². The zero-order chi connectivity index (χ0) is 41.4. The van der Waals surface area contributed by atoms with E-state index in [1.54, 1.807) is 0 Å². The minimum atomic E-state index is -0.865. The van der Waals surface area contributed by atoms with Gasteiger partial charge in [0, 0.05) is 11.4 Å². The van der Waals surface area contributed by atoms with Gasteiger partial charge >= 0.3 is 0 Å². The molecule has 2 unspecified atom stereocenters. The van der Waals surface area contributed by atoms with E-state index in [0.717, 1.165) is 44.5 Å². The van der Waals surface area contributed by atoms with Crippen LogP contribution in [0.5, 0.6) is 0 Å². The summed E-state index contributed by atoms with van der Waals surface area (Å²) in [5.74, 6) is -0.706. The predicted molar refractivity (Wildman–Crippen MR) is 252 cm³/mol. The molecule has 0 aromatic heterocycles. The van der Waals surface area contributed by atoms with Crippen LogP contribution in [0.2, 0.25) is 0 Å². The van der Waals surface area contributed by atoms with Crippen molar-refractivity contribution in [3.63, 3.8) is 0 Å². The van der Waals surface area contributed by atoms with Crippen LogP contribution in [-0.4, -0.2) is 21.5 Å². The topological polar surface area (TPSA) is 58.2 Å². The molecular formula is C54H42Br2N2O2. The van der Waals surface area contributed by atoms with Crippen LogP contribution >= 0.6 is 31.9 Å². The fourth-order valence-electron chi connectivity index (χ4n) is 8.42. The van der Waals surface area contributed by atoms with Gasteiger partial charge in [0.1, 0.15) is 9.65 Å². The van der Waals surface area contributed by atoms with Gasteiger partial charge in [0.15, 0.2) is 0 Å². The van der Waals surface area contributed by atoms with Gasteiger partial charge in [-0.25, -0.2) is 0 Å². The summed E-state index contributed by atoms with van der Waals surface area (Å²) in [7, 11) is 0. The van der Waals surface area contributed by atoms with Crippen molar-refractivity contribution >= 4 is 55.0 Å². The van der Waals surface area contributed by atoms with Crippen LogP contribution in [-0.2, 0) is 20.4 Å². The summed E-state index contributed by atoms with van der Waals surface area (Å²) in [4.78, 5) is 25.6. The number of carbonyl (C=O) groups is 2. The Morgan fingerprint density at radius 1 is 0.300 bits per heavy atom. The Hall–Kier alpha value is -6.34. The summed E-state index contributed by atoms with van der Waals surface area (Å²) in [6, 6.07) is 78.8. The molecule has 0 aliphatic carbocycles. The first-order valence-corrected chi connectivity index (χ1v) is 21.7. The Labute approximate surface area is 368 Å². The highest BCUT2D eigenvalue weighted by molar-refractivity contribution is 9.12. The molecule has 8 aromatic carbocycles. The fourth-order valence-corrected chi connectivity index (χ4v) is 9.13. The molecule has 0 heterocycles. The minimum absolute atomic E-state index is 0.353. The van der Waals surface area contributed by atoms with E-state index >= 15 is 0 Å². The third-order valence-electron chi connectivity index (χ3n) is 11.2. The van der Waals surface area contributed by atoms with Crippen molar-refractivity contribution in [2.24, 2.45) is 0 Å². The molecule has 2 amide bonds. The van der Waals surface area contributed by atoms with E-state index in [4.69, 9.17) is 0 Å². The second-order valence-corrected chi connectivity index (χ2v) is 16.6. The lowest BCUT2D eigenvalue weighted by Crippen LogP contribution is -2.38. The number of halogens is 2. The van der Waals surface area contributed by atoms with Crippen LogP contribution in [0.3, 0.4) is 0 Å². The lowest BCUT2D eigenvalue weighted by atomic mass is 9.65. The molecule has 0 radical (unpaired) electrons. The largest absolute Gasteiger partial charge is 0.325 e. The van der Waals surface area contributed by atoms with Crippen molar-refractivity contribution in [2.75, 3.05) is 10.6 Å². The van der Waals surface area contributed by atoms with Gasteiger partial charge in [-0.3, -0.25) is 9.59 Å². The van der Waals surface area contributed by atoms with Crippen LogP contribution in [0.1, 0.15) is 44.5 Å². The van der Waals surface area contributed by atoms with Gasteiger partial charge in [-0.2, -0.15) is 0 Å². The average molecular weight is 911 g/mol. The Bertz CT molecular complexity index is 2250. The molecule has 0 saturated carbocycles. The molecule has 8 aromatic rings. The van der Waals surface area contributed by atoms with Crippen molar-refractivity contribution < 1.29 is 9.59 Å². The van der Waals surface area contributed by atoms with Crippen LogP contribution in [0, 0.1) is 0 Å². The third-order valence-corrected chi connectivity index (χ3v) is 13.8. The highest BCUT2D eigenvalue weighted by atomic mass is 79.9. The smallest absolute Gasteiger partial charge is 0.239 e. The monoisotopic (exact) mass is 908 g/mol. The molecule has 0 spiro atoms. The van der Waals surface area contributed by atoms with Crippen molar-refractivity contribution in [3.05, 3.63) is 275 Å². The Morgan fingerprint density at radius 3 is 0.683 bits per heavy atom. The first kappa shape index (κ1) is 40.4. The first-order chi connectivity index (χ1) is 29.4. The standard InChI is InChI=1S/C54H42Br2N2O2/c55-49(51(59)57-47-35-31-45(32-36-47)53(39-19-7-1-8-20-39,40-21-9-2-10-22-40)41-23-11-3-12-24-41)50(56)52(60)58-48-37-33-46(34-38-48)54(42-25-13-4-14-26-42,43-27-15-5-16-28-43)44-29-17-6-18-30-44/h1-38,49-50H,(H,57,59)(H,58,60). The van der Waals surface area contributed by atoms with E-state index in [1.807, 2.05) is 60.7 Å². The zero-order valence-electron chi connectivity index (χ0n) is 32.7. The lowest BCUT2D eigenvalue weighted by Gasteiger charge is -2.37. The lowest BCUT2D eigenvalue weighted by molar-refractivity contribution is -0.120. The van der Waals surface area contributed by atoms with E-state index < -0.39 is 20.5 Å². The Kier molecular flexibility index (Phi) is 12.3. The fraction of sp³-hybridized carbons (Fsp3) is 0.0741. The second kappa shape index (κ2) is 18.3. The number of rotatable bonds is 13. The number of anilines is 2. The quantitative estimate of drug-likeness (QED) is 0.0894. The molecule has 0 aliphatic heterocycles. The highest BCUT2D eigenvalue weighted by Crippen LogP contribution is 2.46. The maximum absolute atomic E-state index is 13.6. The van der Waals surface area contributed by atoms with Gasteiger partial charge in [0.05, 0.1) is 10.8 Å². The number of nitrogens with one attached hydrogen (secondary N) is 2. The maximum Gasteiger partial charge on any atom is 0.239 e. The van der Waals surface area contributed by atoms with Gasteiger partial charge in [-0.1, -0.05) is 238 Å². The van der Waals surface area contributed by atoms with Gasteiger partial charge in [-0.05, 0) is 68.8 Å². The van der Waals surface area contributed by atoms with Crippen molar-refractivity contribution in [3.8, 4) is 0 Å². The molecule has 0 bridgehead atoms. The Balaban J connectivity index is 1.01. The summed E-state index contributed by atoms with van der Waals surface area (Å²) in [6.07, 6.45) is 0. The molecule has 8 rings (SSSR count). The molecule has 0 fully saturated rings. The van der Waals surface area contributed by atoms with Crippen molar-refractivity contribution in [1.29, 1.82) is 0 Å². The van der Waals surface area contributed by atoms with E-state index in [0.29, 0.717) is 11.4 Å². The molecule has 4 nitrogen and oxygen atoms in total. The molecule has 6 heteroatoms. The molecule has 60 heavy (non-hydrogen) atoms. The molecule has 0 saturated heterocycles. The number of hydrogen-bond acceptors (Lipinski definition) is 2. The van der Waals surface area contributed by atoms with E-state index in [-0.39, 0.29) is 11.8 Å². The number of benzene rings is 8. The molecule has 2 N–H and O–H groups in total. The van der Waals surface area contributed by atoms with E-state index in [2.05, 4.69) is 212 Å². The summed E-state index contributed by atoms with van der Waals surface area (Å²) in [5, 5.41) is 6.03. The molecule has 2 atom stereocenters. The van der Waals surface area contributed by atoms with Crippen LogP contribution < -0.4 is 10.6 Å². The SMILES string of the molecule is O=C(Nc1ccc(C(c2ccccc2)(c2ccccc2)c2ccccc2)cc1)C(Br)C(Br)C(=O)Nc1ccc(C(c2ccccc2)(c2ccccc2)c2ccccc2)cc1. The highest BCUT2D eigenvalue weighted by Gasteiger charge is 2.40. The summed E-state index contributed by atoms with van der Waals surface area (Å²) in [6.45, 7) is 0. The zero-order valence-corrected chi connectivity index (χ0v) is 35.8. The van der Waals surface area contributed by atoms with Gasteiger partial charge < -0.3 is 10.6 Å². The van der Waals surface area contributed by atoms with Crippen molar-refractivity contribution in [1.82, 2.24) is 0 Å².